The number of hydrogen-bond donors (Lipinski definition) is 1. The highest BCUT2D eigenvalue weighted by molar-refractivity contribution is 9.10. The number of hydrogen-bond acceptors (Lipinski definition) is 4. The number of carbonyl (C=O) groups excluding carboxylic acids is 1. The first-order chi connectivity index (χ1) is 9.97. The van der Waals surface area contributed by atoms with Crippen LogP contribution < -0.4 is 5.32 Å². The Labute approximate surface area is 133 Å². The Balaban J connectivity index is 2.11. The Morgan fingerprint density at radius 1 is 1.38 bits per heavy atom. The number of nitrogens with zero attached hydrogens (tertiary/aromatic N) is 2. The molecule has 0 spiro atoms. The fourth-order valence-electron chi connectivity index (χ4n) is 1.58. The monoisotopic (exact) mass is 369 g/mol. The molecular formula is C13H9BrClN3O3. The zero-order chi connectivity index (χ0) is 15.4. The molecule has 1 amide bonds. The standard InChI is InChI=1S/C13H9BrClN3O3/c14-9-3-1-8(2-4-9)6-17-13(19)11-5-10(18(20)21)7-16-12(11)15/h1-5,7H,6H2,(H,17,19). The molecule has 0 fully saturated rings. The van der Waals surface area contributed by atoms with Crippen LogP contribution in [-0.4, -0.2) is 15.8 Å². The molecule has 21 heavy (non-hydrogen) atoms. The van der Waals surface area contributed by atoms with Gasteiger partial charge in [-0.25, -0.2) is 4.98 Å². The molecule has 0 unspecified atom stereocenters. The Hall–Kier alpha value is -1.99. The summed E-state index contributed by atoms with van der Waals surface area (Å²) in [7, 11) is 0. The van der Waals surface area contributed by atoms with Crippen LogP contribution in [-0.2, 0) is 6.54 Å². The second-order valence-corrected chi connectivity index (χ2v) is 5.37. The van der Waals surface area contributed by atoms with Crippen molar-refractivity contribution in [3.8, 4) is 0 Å². The van der Waals surface area contributed by atoms with E-state index in [1.54, 1.807) is 0 Å². The number of halogens is 2. The molecule has 8 heteroatoms. The molecule has 108 valence electrons. The summed E-state index contributed by atoms with van der Waals surface area (Å²) in [6, 6.07) is 8.49. The molecule has 6 nitrogen and oxygen atoms in total. The van der Waals surface area contributed by atoms with Crippen LogP contribution in [0.5, 0.6) is 0 Å². The molecule has 0 bridgehead atoms. The third kappa shape index (κ3) is 3.99. The molecule has 0 aliphatic carbocycles. The highest BCUT2D eigenvalue weighted by Gasteiger charge is 2.16. The average Bonchev–Trinajstić information content (AvgIpc) is 2.46. The predicted octanol–water partition coefficient (Wildman–Crippen LogP) is 3.34. The maximum absolute atomic E-state index is 12.0. The summed E-state index contributed by atoms with van der Waals surface area (Å²) in [5.74, 6) is -0.515. The SMILES string of the molecule is O=C(NCc1ccc(Br)cc1)c1cc([N+](=O)[O-])cnc1Cl. The number of nitro groups is 1. The molecule has 1 heterocycles. The van der Waals surface area contributed by atoms with Gasteiger partial charge in [0.2, 0.25) is 0 Å². The highest BCUT2D eigenvalue weighted by atomic mass is 79.9. The first kappa shape index (κ1) is 15.4. The second-order valence-electron chi connectivity index (χ2n) is 4.10. The van der Waals surface area contributed by atoms with E-state index in [0.29, 0.717) is 0 Å². The molecule has 2 rings (SSSR count). The van der Waals surface area contributed by atoms with Crippen LogP contribution >= 0.6 is 27.5 Å². The van der Waals surface area contributed by atoms with E-state index >= 15 is 0 Å². The maximum atomic E-state index is 12.0. The molecule has 0 saturated heterocycles. The molecule has 1 aromatic heterocycles. The van der Waals surface area contributed by atoms with E-state index in [9.17, 15) is 14.9 Å². The summed E-state index contributed by atoms with van der Waals surface area (Å²) in [4.78, 5) is 25.7. The van der Waals surface area contributed by atoms with E-state index in [1.807, 2.05) is 24.3 Å². The average molecular weight is 371 g/mol. The van der Waals surface area contributed by atoms with Gasteiger partial charge in [0.25, 0.3) is 11.6 Å². The van der Waals surface area contributed by atoms with Crippen molar-refractivity contribution >= 4 is 39.1 Å². The highest BCUT2D eigenvalue weighted by Crippen LogP contribution is 2.19. The number of rotatable bonds is 4. The van der Waals surface area contributed by atoms with E-state index in [-0.39, 0.29) is 22.9 Å². The molecule has 1 N–H and O–H groups in total. The van der Waals surface area contributed by atoms with E-state index in [4.69, 9.17) is 11.6 Å². The topological polar surface area (TPSA) is 85.1 Å². The summed E-state index contributed by atoms with van der Waals surface area (Å²) in [5, 5.41) is 13.2. The summed E-state index contributed by atoms with van der Waals surface area (Å²) in [5.41, 5.74) is 0.581. The van der Waals surface area contributed by atoms with E-state index in [2.05, 4.69) is 26.2 Å². The molecule has 0 saturated carbocycles. The van der Waals surface area contributed by atoms with Gasteiger partial charge in [-0.15, -0.1) is 0 Å². The van der Waals surface area contributed by atoms with E-state index < -0.39 is 10.8 Å². The fourth-order valence-corrected chi connectivity index (χ4v) is 2.03. The fraction of sp³-hybridized carbons (Fsp3) is 0.0769. The number of nitrogens with one attached hydrogen (secondary N) is 1. The van der Waals surface area contributed by atoms with Crippen LogP contribution in [0.2, 0.25) is 5.15 Å². The van der Waals surface area contributed by atoms with Gasteiger partial charge < -0.3 is 5.32 Å². The van der Waals surface area contributed by atoms with Gasteiger partial charge in [0.05, 0.1) is 10.5 Å². The Morgan fingerprint density at radius 3 is 2.67 bits per heavy atom. The first-order valence-electron chi connectivity index (χ1n) is 5.80. The van der Waals surface area contributed by atoms with Crippen LogP contribution in [0.3, 0.4) is 0 Å². The zero-order valence-corrected chi connectivity index (χ0v) is 12.9. The van der Waals surface area contributed by atoms with Gasteiger partial charge in [-0.3, -0.25) is 14.9 Å². The lowest BCUT2D eigenvalue weighted by molar-refractivity contribution is -0.385. The van der Waals surface area contributed by atoms with Crippen molar-refractivity contribution < 1.29 is 9.72 Å². The van der Waals surface area contributed by atoms with E-state index in [1.165, 1.54) is 0 Å². The molecular weight excluding hydrogens is 362 g/mol. The number of aromatic nitrogens is 1. The molecule has 1 aromatic carbocycles. The summed E-state index contributed by atoms with van der Waals surface area (Å²) >= 11 is 9.11. The minimum absolute atomic E-state index is 0.0250. The molecule has 0 aliphatic heterocycles. The molecule has 0 radical (unpaired) electrons. The zero-order valence-electron chi connectivity index (χ0n) is 10.5. The molecule has 0 atom stereocenters. The largest absolute Gasteiger partial charge is 0.348 e. The van der Waals surface area contributed by atoms with Crippen molar-refractivity contribution in [3.63, 3.8) is 0 Å². The predicted molar refractivity (Wildman–Crippen MR) is 81.2 cm³/mol. The van der Waals surface area contributed by atoms with Crippen molar-refractivity contribution in [1.29, 1.82) is 0 Å². The minimum Gasteiger partial charge on any atom is -0.348 e. The lowest BCUT2D eigenvalue weighted by atomic mass is 10.2. The number of amides is 1. The van der Waals surface area contributed by atoms with Gasteiger partial charge in [-0.1, -0.05) is 39.7 Å². The van der Waals surface area contributed by atoms with Gasteiger partial charge in [0.15, 0.2) is 0 Å². The first-order valence-corrected chi connectivity index (χ1v) is 6.97. The normalized spacial score (nSPS) is 10.2. The van der Waals surface area contributed by atoms with Crippen LogP contribution in [0, 0.1) is 10.1 Å². The lowest BCUT2D eigenvalue weighted by Crippen LogP contribution is -2.23. The van der Waals surface area contributed by atoms with Crippen LogP contribution in [0.4, 0.5) is 5.69 Å². The van der Waals surface area contributed by atoms with Gasteiger partial charge in [-0.2, -0.15) is 0 Å². The van der Waals surface area contributed by atoms with Crippen LogP contribution in [0.25, 0.3) is 0 Å². The smallest absolute Gasteiger partial charge is 0.288 e. The number of pyridine rings is 1. The summed E-state index contributed by atoms with van der Waals surface area (Å²) < 4.78 is 0.934. The second kappa shape index (κ2) is 6.64. The number of carbonyl (C=O) groups is 1. The van der Waals surface area contributed by atoms with Gasteiger partial charge in [0, 0.05) is 17.1 Å². The summed E-state index contributed by atoms with van der Waals surface area (Å²) in [6.45, 7) is 0.283. The number of benzene rings is 1. The van der Waals surface area contributed by atoms with Gasteiger partial charge in [0.1, 0.15) is 11.3 Å². The Bertz CT molecular complexity index is 692. The minimum atomic E-state index is -0.630. The van der Waals surface area contributed by atoms with E-state index in [0.717, 1.165) is 22.3 Å². The van der Waals surface area contributed by atoms with Crippen molar-refractivity contribution in [2.24, 2.45) is 0 Å². The third-order valence-corrected chi connectivity index (χ3v) is 3.48. The van der Waals surface area contributed by atoms with Crippen molar-refractivity contribution in [3.05, 3.63) is 67.4 Å². The van der Waals surface area contributed by atoms with Crippen molar-refractivity contribution in [1.82, 2.24) is 10.3 Å². The van der Waals surface area contributed by atoms with Gasteiger partial charge in [-0.05, 0) is 17.7 Å². The van der Waals surface area contributed by atoms with Crippen LogP contribution in [0.1, 0.15) is 15.9 Å². The maximum Gasteiger partial charge on any atom is 0.288 e. The lowest BCUT2D eigenvalue weighted by Gasteiger charge is -2.06. The molecule has 0 aliphatic rings. The van der Waals surface area contributed by atoms with Gasteiger partial charge >= 0.3 is 0 Å². The third-order valence-electron chi connectivity index (χ3n) is 2.65. The summed E-state index contributed by atoms with van der Waals surface area (Å²) in [6.07, 6.45) is 1.01. The van der Waals surface area contributed by atoms with Crippen molar-refractivity contribution in [2.45, 2.75) is 6.54 Å². The quantitative estimate of drug-likeness (QED) is 0.508. The van der Waals surface area contributed by atoms with Crippen LogP contribution in [0.15, 0.2) is 41.0 Å². The Kier molecular flexibility index (Phi) is 4.87. The molecule has 2 aromatic rings. The van der Waals surface area contributed by atoms with Crippen molar-refractivity contribution in [2.75, 3.05) is 0 Å². The Morgan fingerprint density at radius 2 is 2.05 bits per heavy atom.